The molecule has 2 aromatic rings. The van der Waals surface area contributed by atoms with E-state index in [4.69, 9.17) is 10.9 Å². The number of imidazole rings is 1. The molecule has 12 heavy (non-hydrogen) atoms. The molecule has 4 N–H and O–H groups in total. The van der Waals surface area contributed by atoms with Crippen LogP contribution in [0.5, 0.6) is 0 Å². The van der Waals surface area contributed by atoms with E-state index in [1.54, 1.807) is 0 Å². The number of fused-ring (bicyclic) bond motifs is 1. The van der Waals surface area contributed by atoms with Gasteiger partial charge in [-0.3, -0.25) is 4.98 Å². The van der Waals surface area contributed by atoms with Crippen molar-refractivity contribution in [3.63, 3.8) is 0 Å². The van der Waals surface area contributed by atoms with Crippen LogP contribution in [0.15, 0.2) is 11.1 Å². The molecule has 2 rings (SSSR count). The summed E-state index contributed by atoms with van der Waals surface area (Å²) in [5.74, 6) is 0.130. The van der Waals surface area contributed by atoms with Crippen LogP contribution in [0.3, 0.4) is 0 Å². The first-order valence-corrected chi connectivity index (χ1v) is 3.10. The highest BCUT2D eigenvalue weighted by molar-refractivity contribution is 5.80. The minimum absolute atomic E-state index is 0.0764. The van der Waals surface area contributed by atoms with Crippen LogP contribution in [0.25, 0.3) is 11.2 Å². The van der Waals surface area contributed by atoms with Crippen LogP contribution in [0.1, 0.15) is 0 Å². The highest BCUT2D eigenvalue weighted by Crippen LogP contribution is 2.09. The van der Waals surface area contributed by atoms with E-state index in [1.165, 1.54) is 0 Å². The Hall–Kier alpha value is -2.05. The zero-order valence-corrected chi connectivity index (χ0v) is 5.85. The van der Waals surface area contributed by atoms with Crippen LogP contribution in [-0.2, 0) is 0 Å². The van der Waals surface area contributed by atoms with Gasteiger partial charge in [0.15, 0.2) is 5.82 Å². The summed E-state index contributed by atoms with van der Waals surface area (Å²) in [6.07, 6.45) is 1.16. The number of hydrogen-bond acceptors (Lipinski definition) is 5. The van der Waals surface area contributed by atoms with E-state index in [0.29, 0.717) is 4.73 Å². The second-order valence-electron chi connectivity index (χ2n) is 2.20. The molecule has 0 unspecified atom stereocenters. The van der Waals surface area contributed by atoms with E-state index in [1.807, 2.05) is 0 Å². The predicted octanol–water partition coefficient (Wildman–Crippen LogP) is -1.06. The second-order valence-corrected chi connectivity index (χ2v) is 2.20. The zero-order chi connectivity index (χ0) is 8.72. The summed E-state index contributed by atoms with van der Waals surface area (Å²) in [5.41, 5.74) is 5.03. The van der Waals surface area contributed by atoms with Crippen LogP contribution in [-0.4, -0.2) is 24.9 Å². The lowest BCUT2D eigenvalue weighted by molar-refractivity contribution is 0.186. The fourth-order valence-electron chi connectivity index (χ4n) is 0.926. The lowest BCUT2D eigenvalue weighted by Crippen LogP contribution is -2.13. The quantitative estimate of drug-likeness (QED) is 0.433. The number of H-pyrrole nitrogens is 1. The lowest BCUT2D eigenvalue weighted by Gasteiger charge is -1.91. The minimum atomic E-state index is -0.683. The summed E-state index contributed by atoms with van der Waals surface area (Å²) in [5, 5.41) is 9.05. The Morgan fingerprint density at radius 2 is 2.33 bits per heavy atom. The Balaban J connectivity index is 3.05. The highest BCUT2D eigenvalue weighted by Gasteiger charge is 2.08. The van der Waals surface area contributed by atoms with Crippen molar-refractivity contribution in [2.75, 3.05) is 5.73 Å². The summed E-state index contributed by atoms with van der Waals surface area (Å²) < 4.78 is 0.382. The molecule has 7 nitrogen and oxygen atoms in total. The summed E-state index contributed by atoms with van der Waals surface area (Å²) in [4.78, 5) is 20.4. The van der Waals surface area contributed by atoms with Crippen LogP contribution in [0.4, 0.5) is 5.82 Å². The van der Waals surface area contributed by atoms with Crippen molar-refractivity contribution in [1.29, 1.82) is 0 Å². The van der Waals surface area contributed by atoms with Gasteiger partial charge in [0.05, 0.1) is 0 Å². The van der Waals surface area contributed by atoms with Crippen molar-refractivity contribution in [3.8, 4) is 0 Å². The van der Waals surface area contributed by atoms with Gasteiger partial charge in [-0.2, -0.15) is 0 Å². The second kappa shape index (κ2) is 1.97. The normalized spacial score (nSPS) is 10.7. The molecular formula is C5H5N5O2. The Labute approximate surface area is 65.4 Å². The number of rotatable bonds is 0. The number of anilines is 1. The van der Waals surface area contributed by atoms with Gasteiger partial charge in [-0.25, -0.2) is 14.8 Å². The molecule has 0 saturated carbocycles. The SMILES string of the molecule is Nc1ncnc2c1[nH]c(=O)n2O. The fourth-order valence-corrected chi connectivity index (χ4v) is 0.926. The molecule has 0 bridgehead atoms. The van der Waals surface area contributed by atoms with E-state index >= 15 is 0 Å². The fraction of sp³-hybridized carbons (Fsp3) is 0. The van der Waals surface area contributed by atoms with E-state index in [0.717, 1.165) is 6.33 Å². The first-order valence-electron chi connectivity index (χ1n) is 3.10. The van der Waals surface area contributed by atoms with Gasteiger partial charge in [-0.05, 0) is 0 Å². The number of nitrogen functional groups attached to an aromatic ring is 1. The minimum Gasteiger partial charge on any atom is -0.422 e. The van der Waals surface area contributed by atoms with Gasteiger partial charge in [0.1, 0.15) is 11.8 Å². The van der Waals surface area contributed by atoms with Gasteiger partial charge < -0.3 is 10.9 Å². The molecule has 0 atom stereocenters. The summed E-state index contributed by atoms with van der Waals surface area (Å²) >= 11 is 0. The van der Waals surface area contributed by atoms with Gasteiger partial charge in [0.25, 0.3) is 0 Å². The molecule has 7 heteroatoms. The maximum atomic E-state index is 10.8. The first kappa shape index (κ1) is 6.65. The van der Waals surface area contributed by atoms with Crippen LogP contribution < -0.4 is 11.4 Å². The van der Waals surface area contributed by atoms with Crippen molar-refractivity contribution in [1.82, 2.24) is 19.7 Å². The standard InChI is InChI=1S/C5H5N5O2/c6-3-2-4(8-1-7-3)10(12)5(11)9-2/h1,12H,(H,9,11)(H2,6,7,8). The molecule has 0 fully saturated rings. The Morgan fingerprint density at radius 1 is 1.58 bits per heavy atom. The number of aromatic amines is 1. The van der Waals surface area contributed by atoms with Crippen LogP contribution >= 0.6 is 0 Å². The van der Waals surface area contributed by atoms with Gasteiger partial charge in [-0.15, -0.1) is 4.73 Å². The van der Waals surface area contributed by atoms with Gasteiger partial charge >= 0.3 is 5.69 Å². The zero-order valence-electron chi connectivity index (χ0n) is 5.85. The van der Waals surface area contributed by atoms with Crippen LogP contribution in [0.2, 0.25) is 0 Å². The molecule has 0 aliphatic heterocycles. The van der Waals surface area contributed by atoms with Crippen molar-refractivity contribution >= 4 is 17.0 Å². The van der Waals surface area contributed by atoms with Crippen molar-refractivity contribution < 1.29 is 5.21 Å². The summed E-state index contributed by atoms with van der Waals surface area (Å²) in [6, 6.07) is 0. The average molecular weight is 167 g/mol. The number of nitrogens with two attached hydrogens (primary N) is 1. The van der Waals surface area contributed by atoms with E-state index in [2.05, 4.69) is 15.0 Å². The third-order valence-electron chi connectivity index (χ3n) is 1.48. The van der Waals surface area contributed by atoms with E-state index < -0.39 is 5.69 Å². The third kappa shape index (κ3) is 0.669. The van der Waals surface area contributed by atoms with Crippen molar-refractivity contribution in [2.45, 2.75) is 0 Å². The number of nitrogens with one attached hydrogen (secondary N) is 1. The Kier molecular flexibility index (Phi) is 1.09. The van der Waals surface area contributed by atoms with Crippen molar-refractivity contribution in [3.05, 3.63) is 16.8 Å². The Morgan fingerprint density at radius 3 is 3.00 bits per heavy atom. The molecule has 0 aromatic carbocycles. The van der Waals surface area contributed by atoms with E-state index in [9.17, 15) is 4.79 Å². The molecule has 62 valence electrons. The maximum Gasteiger partial charge on any atom is 0.360 e. The average Bonchev–Trinajstić information content (AvgIpc) is 2.32. The predicted molar refractivity (Wildman–Crippen MR) is 39.7 cm³/mol. The third-order valence-corrected chi connectivity index (χ3v) is 1.48. The monoisotopic (exact) mass is 167 g/mol. The molecule has 0 amide bonds. The molecular weight excluding hydrogens is 162 g/mol. The van der Waals surface area contributed by atoms with E-state index in [-0.39, 0.29) is 17.0 Å². The van der Waals surface area contributed by atoms with Gasteiger partial charge in [0, 0.05) is 0 Å². The lowest BCUT2D eigenvalue weighted by atomic mass is 10.5. The molecule has 0 aliphatic carbocycles. The molecule has 0 saturated heterocycles. The van der Waals surface area contributed by atoms with Crippen molar-refractivity contribution in [2.24, 2.45) is 0 Å². The Bertz CT molecular complexity index is 484. The van der Waals surface area contributed by atoms with Gasteiger partial charge in [0.2, 0.25) is 5.65 Å². The smallest absolute Gasteiger partial charge is 0.360 e. The maximum absolute atomic E-state index is 10.8. The molecule has 0 spiro atoms. The number of hydrogen-bond donors (Lipinski definition) is 3. The van der Waals surface area contributed by atoms with Crippen LogP contribution in [0, 0.1) is 0 Å². The molecule has 0 radical (unpaired) electrons. The number of aromatic nitrogens is 4. The highest BCUT2D eigenvalue weighted by atomic mass is 16.5. The summed E-state index contributed by atoms with van der Waals surface area (Å²) in [7, 11) is 0. The molecule has 2 aromatic heterocycles. The largest absolute Gasteiger partial charge is 0.422 e. The molecule has 2 heterocycles. The van der Waals surface area contributed by atoms with Gasteiger partial charge in [-0.1, -0.05) is 0 Å². The number of nitrogens with zero attached hydrogens (tertiary/aromatic N) is 3. The molecule has 0 aliphatic rings. The topological polar surface area (TPSA) is 110 Å². The summed E-state index contributed by atoms with van der Waals surface area (Å²) in [6.45, 7) is 0. The first-order chi connectivity index (χ1) is 5.70.